The molecule has 6 N–H and O–H groups in total. The molecule has 0 aromatic rings. The van der Waals surface area contributed by atoms with Crippen molar-refractivity contribution in [3.05, 3.63) is 0 Å². The highest BCUT2D eigenvalue weighted by atomic mass is 28.4. The number of hydrogen-bond donors (Lipinski definition) is 4. The molecule has 0 aromatic carbocycles. The van der Waals surface area contributed by atoms with Gasteiger partial charge < -0.3 is 24.7 Å². The Morgan fingerprint density at radius 1 is 0.857 bits per heavy atom. The van der Waals surface area contributed by atoms with Crippen molar-refractivity contribution >= 4 is 26.4 Å². The Hall–Kier alpha value is 0.549. The van der Waals surface area contributed by atoms with Crippen LogP contribution in [0.2, 0.25) is 0 Å². The Labute approximate surface area is 51.8 Å². The van der Waals surface area contributed by atoms with Gasteiger partial charge in [0, 0.05) is 0 Å². The van der Waals surface area contributed by atoms with Crippen LogP contribution in [0.15, 0.2) is 0 Å². The molecule has 7 heavy (non-hydrogen) atoms. The fourth-order valence-corrected chi connectivity index (χ4v) is 0. The summed E-state index contributed by atoms with van der Waals surface area (Å²) in [5, 5.41) is 0. The molecule has 0 bridgehead atoms. The standard InChI is InChI=1S/Al.H4O4Si.H2O.3H/c;1-5(2,3)4;;;;/h;1-4H;1H2;;;. The summed E-state index contributed by atoms with van der Waals surface area (Å²) in [5.74, 6) is 0. The summed E-state index contributed by atoms with van der Waals surface area (Å²) in [5.41, 5.74) is 0. The molecule has 0 aliphatic heterocycles. The molecule has 0 fully saturated rings. The van der Waals surface area contributed by atoms with Crippen LogP contribution >= 0.6 is 0 Å². The van der Waals surface area contributed by atoms with Crippen molar-refractivity contribution in [3.63, 3.8) is 0 Å². The van der Waals surface area contributed by atoms with Crippen molar-refractivity contribution in [3.8, 4) is 0 Å². The molecular formula is H9AlO5Si. The van der Waals surface area contributed by atoms with Crippen molar-refractivity contribution < 1.29 is 24.7 Å². The van der Waals surface area contributed by atoms with Crippen LogP contribution < -0.4 is 0 Å². The summed E-state index contributed by atoms with van der Waals surface area (Å²) >= 11 is 0. The Bertz CT molecular complexity index is 23.6. The molecule has 0 atom stereocenters. The van der Waals surface area contributed by atoms with Crippen LogP contribution in [0, 0.1) is 0 Å². The van der Waals surface area contributed by atoms with Crippen LogP contribution in [-0.4, -0.2) is 51.1 Å². The summed E-state index contributed by atoms with van der Waals surface area (Å²) in [6.07, 6.45) is 0. The van der Waals surface area contributed by atoms with E-state index in [-0.39, 0.29) is 22.8 Å². The Balaban J connectivity index is -0.0000000800. The van der Waals surface area contributed by atoms with Gasteiger partial charge in [0.15, 0.2) is 17.4 Å². The number of rotatable bonds is 0. The zero-order valence-corrected chi connectivity index (χ0v) is 3.79. The maximum Gasteiger partial charge on any atom is 0.668 e. The van der Waals surface area contributed by atoms with Crippen LogP contribution in [0.1, 0.15) is 0 Å². The quantitative estimate of drug-likeness (QED) is 0.256. The normalized spacial score (nSPS) is 8.57. The summed E-state index contributed by atoms with van der Waals surface area (Å²) < 4.78 is 0. The minimum atomic E-state index is -4.61. The van der Waals surface area contributed by atoms with Crippen LogP contribution in [-0.2, 0) is 0 Å². The van der Waals surface area contributed by atoms with E-state index < -0.39 is 9.05 Å². The van der Waals surface area contributed by atoms with Crippen molar-refractivity contribution in [1.29, 1.82) is 0 Å². The molecule has 7 heteroatoms. The average Bonchev–Trinajstić information content (AvgIpc) is 0.722. The van der Waals surface area contributed by atoms with E-state index in [1.54, 1.807) is 0 Å². The molecule has 46 valence electrons. The average molecular weight is 144 g/mol. The van der Waals surface area contributed by atoms with E-state index in [1.807, 2.05) is 0 Å². The SMILES string of the molecule is O.O[Si](O)(O)O.[AlH3]. The topological polar surface area (TPSA) is 112 Å². The molecule has 0 aliphatic rings. The lowest BCUT2D eigenvalue weighted by molar-refractivity contribution is 0.117. The van der Waals surface area contributed by atoms with Gasteiger partial charge in [-0.1, -0.05) is 0 Å². The molecule has 0 aliphatic carbocycles. The zero-order valence-electron chi connectivity index (χ0n) is 2.79. The predicted octanol–water partition coefficient (Wildman–Crippen LogP) is -4.62. The summed E-state index contributed by atoms with van der Waals surface area (Å²) in [7, 11) is -4.61. The van der Waals surface area contributed by atoms with Gasteiger partial charge in [0.25, 0.3) is 0 Å². The van der Waals surface area contributed by atoms with Crippen molar-refractivity contribution in [2.45, 2.75) is 0 Å². The van der Waals surface area contributed by atoms with Gasteiger partial charge in [-0.2, -0.15) is 0 Å². The van der Waals surface area contributed by atoms with Gasteiger partial charge in [-0.05, 0) is 0 Å². The van der Waals surface area contributed by atoms with Gasteiger partial charge in [0.2, 0.25) is 0 Å². The van der Waals surface area contributed by atoms with Crippen LogP contribution in [0.5, 0.6) is 0 Å². The molecule has 5 nitrogen and oxygen atoms in total. The first-order valence-corrected chi connectivity index (χ1v) is 2.68. The van der Waals surface area contributed by atoms with Crippen LogP contribution in [0.4, 0.5) is 0 Å². The lowest BCUT2D eigenvalue weighted by Crippen LogP contribution is -2.33. The second kappa shape index (κ2) is 4.70. The van der Waals surface area contributed by atoms with E-state index >= 15 is 0 Å². The van der Waals surface area contributed by atoms with Gasteiger partial charge >= 0.3 is 9.05 Å². The van der Waals surface area contributed by atoms with Gasteiger partial charge in [0.05, 0.1) is 0 Å². The lowest BCUT2D eigenvalue weighted by Gasteiger charge is -1.91. The fourth-order valence-electron chi connectivity index (χ4n) is 0. The molecule has 0 amide bonds. The van der Waals surface area contributed by atoms with E-state index in [4.69, 9.17) is 19.2 Å². The minimum Gasteiger partial charge on any atom is -0.412 e. The highest BCUT2D eigenvalue weighted by Crippen LogP contribution is 1.67. The third-order valence-electron chi connectivity index (χ3n) is 0. The van der Waals surface area contributed by atoms with E-state index in [2.05, 4.69) is 0 Å². The molecule has 0 unspecified atom stereocenters. The Morgan fingerprint density at radius 2 is 0.857 bits per heavy atom. The summed E-state index contributed by atoms with van der Waals surface area (Å²) in [4.78, 5) is 29.3. The van der Waals surface area contributed by atoms with E-state index in [1.165, 1.54) is 0 Å². The van der Waals surface area contributed by atoms with Gasteiger partial charge in [-0.25, -0.2) is 0 Å². The smallest absolute Gasteiger partial charge is 0.412 e. The van der Waals surface area contributed by atoms with E-state index in [0.717, 1.165) is 0 Å². The van der Waals surface area contributed by atoms with Crippen molar-refractivity contribution in [2.75, 3.05) is 0 Å². The molecule has 0 saturated heterocycles. The molecule has 0 heterocycles. The van der Waals surface area contributed by atoms with Crippen molar-refractivity contribution in [2.24, 2.45) is 0 Å². The van der Waals surface area contributed by atoms with Gasteiger partial charge in [-0.3, -0.25) is 0 Å². The molecule has 0 spiro atoms. The summed E-state index contributed by atoms with van der Waals surface area (Å²) in [6, 6.07) is 0. The zero-order chi connectivity index (χ0) is 4.50. The Kier molecular flexibility index (Phi) is 10.5. The van der Waals surface area contributed by atoms with Crippen LogP contribution in [0.3, 0.4) is 0 Å². The Morgan fingerprint density at radius 3 is 0.857 bits per heavy atom. The van der Waals surface area contributed by atoms with E-state index in [0.29, 0.717) is 0 Å². The second-order valence-electron chi connectivity index (χ2n) is 0.600. The highest BCUT2D eigenvalue weighted by Gasteiger charge is 2.22. The third kappa shape index (κ3) is 449. The lowest BCUT2D eigenvalue weighted by atomic mass is 15.7. The van der Waals surface area contributed by atoms with Crippen molar-refractivity contribution in [1.82, 2.24) is 0 Å². The molecule has 0 radical (unpaired) electrons. The first kappa shape index (κ1) is 15.6. The molecule has 0 rings (SSSR count). The largest absolute Gasteiger partial charge is 0.668 e. The summed E-state index contributed by atoms with van der Waals surface area (Å²) in [6.45, 7) is 0. The molecule has 0 aromatic heterocycles. The minimum absolute atomic E-state index is 0. The first-order valence-electron chi connectivity index (χ1n) is 0.894. The van der Waals surface area contributed by atoms with E-state index in [9.17, 15) is 0 Å². The fraction of sp³-hybridized carbons (Fsp3) is 0. The first-order chi connectivity index (χ1) is 2.00. The third-order valence-corrected chi connectivity index (χ3v) is 0. The second-order valence-corrected chi connectivity index (χ2v) is 1.80. The molecular weight excluding hydrogens is 135 g/mol. The maximum absolute atomic E-state index is 7.33. The number of hydrogen-bond acceptors (Lipinski definition) is 4. The van der Waals surface area contributed by atoms with Crippen LogP contribution in [0.25, 0.3) is 0 Å². The maximum atomic E-state index is 7.33. The van der Waals surface area contributed by atoms with Gasteiger partial charge in [0.1, 0.15) is 0 Å². The van der Waals surface area contributed by atoms with Gasteiger partial charge in [-0.15, -0.1) is 0 Å². The highest BCUT2D eigenvalue weighted by molar-refractivity contribution is 6.46. The molecule has 0 saturated carbocycles. The predicted molar refractivity (Wildman–Crippen MR) is 28.2 cm³/mol. The monoisotopic (exact) mass is 144 g/mol.